The van der Waals surface area contributed by atoms with Crippen LogP contribution in [0.1, 0.15) is 32.4 Å². The molecule has 1 atom stereocenters. The maximum atomic E-state index is 12.0. The van der Waals surface area contributed by atoms with E-state index in [9.17, 15) is 4.79 Å². The molecule has 0 bridgehead atoms. The summed E-state index contributed by atoms with van der Waals surface area (Å²) < 4.78 is 5.05. The molecule has 1 rings (SSSR count). The van der Waals surface area contributed by atoms with Crippen molar-refractivity contribution in [1.29, 1.82) is 0 Å². The number of rotatable bonds is 5. The lowest BCUT2D eigenvalue weighted by molar-refractivity contribution is -0.146. The fourth-order valence-corrected chi connectivity index (χ4v) is 1.99. The fraction of sp³-hybridized carbons (Fsp3) is 0.462. The average Bonchev–Trinajstić information content (AvgIpc) is 2.29. The minimum Gasteiger partial charge on any atom is -0.465 e. The van der Waals surface area contributed by atoms with Gasteiger partial charge in [-0.1, -0.05) is 23.2 Å². The Labute approximate surface area is 117 Å². The van der Waals surface area contributed by atoms with Crippen molar-refractivity contribution in [2.24, 2.45) is 0 Å². The van der Waals surface area contributed by atoms with E-state index in [4.69, 9.17) is 27.9 Å². The van der Waals surface area contributed by atoms with Gasteiger partial charge in [-0.15, -0.1) is 0 Å². The number of carbonyl (C=O) groups excluding carboxylic acids is 1. The van der Waals surface area contributed by atoms with Crippen molar-refractivity contribution in [3.05, 3.63) is 33.8 Å². The summed E-state index contributed by atoms with van der Waals surface area (Å²) in [4.78, 5) is 12.0. The van der Waals surface area contributed by atoms with E-state index in [1.54, 1.807) is 25.1 Å². The zero-order valence-electron chi connectivity index (χ0n) is 10.7. The van der Waals surface area contributed by atoms with Crippen LogP contribution >= 0.6 is 23.2 Å². The first-order valence-corrected chi connectivity index (χ1v) is 6.59. The highest BCUT2D eigenvalue weighted by Crippen LogP contribution is 2.27. The zero-order chi connectivity index (χ0) is 13.7. The van der Waals surface area contributed by atoms with E-state index in [1.807, 2.05) is 13.8 Å². The molecule has 5 heteroatoms. The van der Waals surface area contributed by atoms with Crippen LogP contribution in [0, 0.1) is 0 Å². The van der Waals surface area contributed by atoms with Gasteiger partial charge in [-0.2, -0.15) is 0 Å². The highest BCUT2D eigenvalue weighted by molar-refractivity contribution is 6.33. The van der Waals surface area contributed by atoms with Crippen LogP contribution in [-0.2, 0) is 9.53 Å². The number of benzene rings is 1. The molecule has 0 spiro atoms. The van der Waals surface area contributed by atoms with Crippen LogP contribution in [0.25, 0.3) is 0 Å². The maximum Gasteiger partial charge on any atom is 0.327 e. The van der Waals surface area contributed by atoms with E-state index in [2.05, 4.69) is 5.32 Å². The lowest BCUT2D eigenvalue weighted by Crippen LogP contribution is -2.35. The fourth-order valence-electron chi connectivity index (χ4n) is 1.58. The summed E-state index contributed by atoms with van der Waals surface area (Å²) in [6.07, 6.45) is 0. The van der Waals surface area contributed by atoms with Crippen molar-refractivity contribution in [3.63, 3.8) is 0 Å². The molecule has 0 aromatic heterocycles. The number of halogens is 2. The van der Waals surface area contributed by atoms with Gasteiger partial charge in [0.25, 0.3) is 0 Å². The van der Waals surface area contributed by atoms with Gasteiger partial charge in [0.15, 0.2) is 0 Å². The Bertz CT molecular complexity index is 421. The molecule has 0 amide bonds. The molecular formula is C13H17Cl2NO2. The smallest absolute Gasteiger partial charge is 0.327 e. The largest absolute Gasteiger partial charge is 0.465 e. The Morgan fingerprint density at radius 3 is 2.61 bits per heavy atom. The zero-order valence-corrected chi connectivity index (χ0v) is 12.2. The lowest BCUT2D eigenvalue weighted by atomic mass is 10.1. The van der Waals surface area contributed by atoms with Gasteiger partial charge in [0, 0.05) is 21.7 Å². The Kier molecular flexibility index (Phi) is 5.93. The highest BCUT2D eigenvalue weighted by Gasteiger charge is 2.24. The summed E-state index contributed by atoms with van der Waals surface area (Å²) in [5.74, 6) is -0.352. The molecule has 1 unspecified atom stereocenters. The second kappa shape index (κ2) is 6.98. The van der Waals surface area contributed by atoms with Gasteiger partial charge in [-0.25, -0.2) is 4.79 Å². The van der Waals surface area contributed by atoms with E-state index in [1.165, 1.54) is 0 Å². The van der Waals surface area contributed by atoms with Crippen LogP contribution < -0.4 is 5.32 Å². The molecule has 100 valence electrons. The third-order valence-electron chi connectivity index (χ3n) is 2.29. The van der Waals surface area contributed by atoms with Gasteiger partial charge < -0.3 is 4.74 Å². The SMILES string of the molecule is CCOC(=O)C(NC(C)C)c1cc(Cl)ccc1Cl. The van der Waals surface area contributed by atoms with Crippen LogP contribution in [0.2, 0.25) is 10.0 Å². The van der Waals surface area contributed by atoms with Crippen molar-refractivity contribution in [1.82, 2.24) is 5.32 Å². The molecule has 1 N–H and O–H groups in total. The van der Waals surface area contributed by atoms with Gasteiger partial charge in [0.05, 0.1) is 6.61 Å². The predicted octanol–water partition coefficient (Wildman–Crippen LogP) is 3.60. The molecule has 1 aromatic rings. The lowest BCUT2D eigenvalue weighted by Gasteiger charge is -2.21. The molecule has 0 saturated heterocycles. The summed E-state index contributed by atoms with van der Waals surface area (Å²) >= 11 is 12.1. The van der Waals surface area contributed by atoms with Crippen LogP contribution in [0.5, 0.6) is 0 Å². The van der Waals surface area contributed by atoms with E-state index in [0.29, 0.717) is 22.2 Å². The Balaban J connectivity index is 3.08. The molecule has 0 radical (unpaired) electrons. The minimum absolute atomic E-state index is 0.120. The van der Waals surface area contributed by atoms with Gasteiger partial charge in [-0.05, 0) is 39.0 Å². The van der Waals surface area contributed by atoms with E-state index in [0.717, 1.165) is 0 Å². The number of nitrogens with one attached hydrogen (secondary N) is 1. The molecule has 0 aliphatic rings. The number of hydrogen-bond acceptors (Lipinski definition) is 3. The monoisotopic (exact) mass is 289 g/mol. The first-order chi connectivity index (χ1) is 8.45. The topological polar surface area (TPSA) is 38.3 Å². The molecule has 0 saturated carbocycles. The third-order valence-corrected chi connectivity index (χ3v) is 2.87. The van der Waals surface area contributed by atoms with Gasteiger partial charge >= 0.3 is 5.97 Å². The van der Waals surface area contributed by atoms with Crippen LogP contribution in [-0.4, -0.2) is 18.6 Å². The first kappa shape index (κ1) is 15.3. The third kappa shape index (κ3) is 4.16. The Hall–Kier alpha value is -0.770. The molecular weight excluding hydrogens is 273 g/mol. The van der Waals surface area contributed by atoms with Crippen LogP contribution in [0.15, 0.2) is 18.2 Å². The number of hydrogen-bond donors (Lipinski definition) is 1. The summed E-state index contributed by atoms with van der Waals surface area (Å²) in [5, 5.41) is 4.16. The molecule has 1 aromatic carbocycles. The maximum absolute atomic E-state index is 12.0. The Morgan fingerprint density at radius 1 is 1.39 bits per heavy atom. The van der Waals surface area contributed by atoms with Crippen molar-refractivity contribution < 1.29 is 9.53 Å². The molecule has 0 aliphatic heterocycles. The number of ether oxygens (including phenoxy) is 1. The summed E-state index contributed by atoms with van der Waals surface area (Å²) in [7, 11) is 0. The van der Waals surface area contributed by atoms with Crippen molar-refractivity contribution in [3.8, 4) is 0 Å². The number of esters is 1. The van der Waals surface area contributed by atoms with Crippen LogP contribution in [0.4, 0.5) is 0 Å². The van der Waals surface area contributed by atoms with E-state index < -0.39 is 6.04 Å². The molecule has 3 nitrogen and oxygen atoms in total. The van der Waals surface area contributed by atoms with Crippen LogP contribution in [0.3, 0.4) is 0 Å². The second-order valence-corrected chi connectivity index (χ2v) is 5.02. The number of carbonyl (C=O) groups is 1. The van der Waals surface area contributed by atoms with Crippen molar-refractivity contribution in [2.45, 2.75) is 32.9 Å². The second-order valence-electron chi connectivity index (χ2n) is 4.17. The summed E-state index contributed by atoms with van der Waals surface area (Å²) in [6, 6.07) is 4.56. The average molecular weight is 290 g/mol. The van der Waals surface area contributed by atoms with Gasteiger partial charge in [-0.3, -0.25) is 5.32 Å². The standard InChI is InChI=1S/C13H17Cl2NO2/c1-4-18-13(17)12(16-8(2)3)10-7-9(14)5-6-11(10)15/h5-8,12,16H,4H2,1-3H3. The minimum atomic E-state index is -0.601. The van der Waals surface area contributed by atoms with E-state index in [-0.39, 0.29) is 12.0 Å². The quantitative estimate of drug-likeness (QED) is 0.842. The summed E-state index contributed by atoms with van der Waals surface area (Å²) in [6.45, 7) is 5.99. The van der Waals surface area contributed by atoms with Crippen molar-refractivity contribution in [2.75, 3.05) is 6.61 Å². The van der Waals surface area contributed by atoms with Gasteiger partial charge in [0.1, 0.15) is 6.04 Å². The molecule has 0 aliphatic carbocycles. The normalized spacial score (nSPS) is 12.6. The molecule has 18 heavy (non-hydrogen) atoms. The molecule has 0 fully saturated rings. The predicted molar refractivity (Wildman–Crippen MR) is 74.1 cm³/mol. The van der Waals surface area contributed by atoms with Crippen molar-refractivity contribution >= 4 is 29.2 Å². The first-order valence-electron chi connectivity index (χ1n) is 5.83. The van der Waals surface area contributed by atoms with Gasteiger partial charge in [0.2, 0.25) is 0 Å². The summed E-state index contributed by atoms with van der Waals surface area (Å²) in [5.41, 5.74) is 0.635. The Morgan fingerprint density at radius 2 is 2.06 bits per heavy atom. The van der Waals surface area contributed by atoms with E-state index >= 15 is 0 Å². The molecule has 0 heterocycles. The highest BCUT2D eigenvalue weighted by atomic mass is 35.5.